The van der Waals surface area contributed by atoms with Crippen molar-refractivity contribution in [1.29, 1.82) is 0 Å². The first-order chi connectivity index (χ1) is 13.6. The molecule has 29 heavy (non-hydrogen) atoms. The van der Waals surface area contributed by atoms with Crippen LogP contribution in [-0.4, -0.2) is 41.7 Å². The predicted octanol–water partition coefficient (Wildman–Crippen LogP) is 1.03. The molecule has 1 fully saturated rings. The quantitative estimate of drug-likeness (QED) is 0.680. The molecule has 10 heteroatoms. The highest BCUT2D eigenvalue weighted by Gasteiger charge is 2.36. The van der Waals surface area contributed by atoms with Crippen molar-refractivity contribution in [3.8, 4) is 0 Å². The Kier molecular flexibility index (Phi) is 5.76. The number of benzene rings is 1. The highest BCUT2D eigenvalue weighted by Crippen LogP contribution is 2.25. The van der Waals surface area contributed by atoms with Gasteiger partial charge in [-0.05, 0) is 50.8 Å². The number of carbonyl (C=O) groups excluding carboxylic acids is 1. The van der Waals surface area contributed by atoms with Crippen LogP contribution in [0.5, 0.6) is 0 Å². The van der Waals surface area contributed by atoms with E-state index in [0.29, 0.717) is 18.5 Å². The average molecular weight is 420 g/mol. The van der Waals surface area contributed by atoms with Crippen LogP contribution < -0.4 is 16.6 Å². The maximum Gasteiger partial charge on any atom is 0.325 e. The molecule has 0 radical (unpaired) electrons. The monoisotopic (exact) mass is 420 g/mol. The Bertz CT molecular complexity index is 1170. The molecule has 1 aliphatic heterocycles. The molecule has 3 N–H and O–H groups in total. The Morgan fingerprint density at radius 1 is 1.17 bits per heavy atom. The molecule has 1 aromatic heterocycles. The molecular weight excluding hydrogens is 396 g/mol. The van der Waals surface area contributed by atoms with Crippen molar-refractivity contribution >= 4 is 21.6 Å². The van der Waals surface area contributed by atoms with Gasteiger partial charge in [0, 0.05) is 24.5 Å². The Morgan fingerprint density at radius 2 is 1.90 bits per heavy atom. The minimum absolute atomic E-state index is 0.0271. The second-order valence-corrected chi connectivity index (χ2v) is 9.18. The smallest absolute Gasteiger partial charge is 0.325 e. The lowest BCUT2D eigenvalue weighted by molar-refractivity contribution is -0.120. The number of nitrogens with zero attached hydrogens (tertiary/aromatic N) is 1. The lowest BCUT2D eigenvalue weighted by Crippen LogP contribution is -2.45. The number of aromatic nitrogens is 2. The van der Waals surface area contributed by atoms with Crippen molar-refractivity contribution in [3.05, 3.63) is 55.9 Å². The first kappa shape index (κ1) is 21.0. The highest BCUT2D eigenvalue weighted by atomic mass is 32.2. The van der Waals surface area contributed by atoms with E-state index in [9.17, 15) is 22.8 Å². The van der Waals surface area contributed by atoms with Gasteiger partial charge in [0.2, 0.25) is 15.9 Å². The zero-order chi connectivity index (χ0) is 21.3. The largest absolute Gasteiger partial charge is 0.326 e. The molecule has 0 aliphatic carbocycles. The number of piperidine rings is 1. The molecule has 0 unspecified atom stereocenters. The number of hydrogen-bond donors (Lipinski definition) is 3. The van der Waals surface area contributed by atoms with Crippen LogP contribution in [-0.2, 0) is 14.8 Å². The number of aromatic amines is 2. The fourth-order valence-electron chi connectivity index (χ4n) is 3.52. The van der Waals surface area contributed by atoms with Gasteiger partial charge in [-0.2, -0.15) is 4.31 Å². The molecule has 9 nitrogen and oxygen atoms in total. The van der Waals surface area contributed by atoms with Gasteiger partial charge in [0.15, 0.2) is 4.90 Å². The highest BCUT2D eigenvalue weighted by molar-refractivity contribution is 7.89. The van der Waals surface area contributed by atoms with Crippen LogP contribution in [0.4, 0.5) is 5.69 Å². The maximum absolute atomic E-state index is 13.0. The Hall–Kier alpha value is -2.72. The number of rotatable bonds is 4. The molecule has 0 bridgehead atoms. The van der Waals surface area contributed by atoms with Crippen LogP contribution >= 0.6 is 0 Å². The molecule has 1 aliphatic rings. The molecule has 2 aromatic rings. The van der Waals surface area contributed by atoms with Gasteiger partial charge in [-0.15, -0.1) is 0 Å². The standard InChI is InChI=1S/C19H24N4O5S/c1-11-6-4-8-15(12(11)2)21-17(24)14-7-5-9-23(10-14)29(27,28)16-13(3)20-19(26)22-18(16)25/h4,6,8,14H,5,7,9-10H2,1-3H3,(H,21,24)(H2,20,22,25,26)/t14-/m1/s1. The van der Waals surface area contributed by atoms with Crippen LogP contribution in [0.15, 0.2) is 32.7 Å². The molecule has 2 heterocycles. The summed E-state index contributed by atoms with van der Waals surface area (Å²) in [5, 5.41) is 2.89. The van der Waals surface area contributed by atoms with Crippen molar-refractivity contribution in [3.63, 3.8) is 0 Å². The molecule has 1 aromatic carbocycles. The zero-order valence-corrected chi connectivity index (χ0v) is 17.4. The van der Waals surface area contributed by atoms with Crippen LogP contribution in [0, 0.1) is 26.7 Å². The molecular formula is C19H24N4O5S. The Balaban J connectivity index is 1.83. The third-order valence-electron chi connectivity index (χ3n) is 5.29. The first-order valence-electron chi connectivity index (χ1n) is 9.31. The topological polar surface area (TPSA) is 132 Å². The van der Waals surface area contributed by atoms with Gasteiger partial charge in [0.05, 0.1) is 5.92 Å². The molecule has 1 atom stereocenters. The van der Waals surface area contributed by atoms with E-state index in [1.54, 1.807) is 6.07 Å². The van der Waals surface area contributed by atoms with Crippen molar-refractivity contribution in [2.75, 3.05) is 18.4 Å². The molecule has 1 amide bonds. The maximum atomic E-state index is 13.0. The Labute approximate surface area is 168 Å². The molecule has 0 saturated carbocycles. The van der Waals surface area contributed by atoms with E-state index in [1.165, 1.54) is 6.92 Å². The van der Waals surface area contributed by atoms with Gasteiger partial charge in [0.1, 0.15) is 0 Å². The number of amides is 1. The first-order valence-corrected chi connectivity index (χ1v) is 10.8. The summed E-state index contributed by atoms with van der Waals surface area (Å²) in [7, 11) is -4.15. The van der Waals surface area contributed by atoms with Crippen LogP contribution in [0.2, 0.25) is 0 Å². The van der Waals surface area contributed by atoms with E-state index >= 15 is 0 Å². The summed E-state index contributed by atoms with van der Waals surface area (Å²) < 4.78 is 27.2. The lowest BCUT2D eigenvalue weighted by atomic mass is 9.98. The summed E-state index contributed by atoms with van der Waals surface area (Å²) in [6.07, 6.45) is 1.04. The van der Waals surface area contributed by atoms with Gasteiger partial charge < -0.3 is 10.3 Å². The molecule has 156 valence electrons. The zero-order valence-electron chi connectivity index (χ0n) is 16.5. The van der Waals surface area contributed by atoms with E-state index in [0.717, 1.165) is 15.4 Å². The average Bonchev–Trinajstić information content (AvgIpc) is 2.64. The third-order valence-corrected chi connectivity index (χ3v) is 7.31. The van der Waals surface area contributed by atoms with Crippen LogP contribution in [0.1, 0.15) is 29.7 Å². The summed E-state index contributed by atoms with van der Waals surface area (Å²) in [6, 6.07) is 5.60. The SMILES string of the molecule is Cc1cccc(NC(=O)[C@@H]2CCCN(S(=O)(=O)c3c(C)[nH]c(=O)[nH]c3=O)C2)c1C. The fourth-order valence-corrected chi connectivity index (χ4v) is 5.25. The predicted molar refractivity (Wildman–Crippen MR) is 108 cm³/mol. The number of H-pyrrole nitrogens is 2. The number of sulfonamides is 1. The normalized spacial score (nSPS) is 17.8. The van der Waals surface area contributed by atoms with E-state index in [-0.39, 0.29) is 24.7 Å². The number of anilines is 1. The van der Waals surface area contributed by atoms with E-state index < -0.39 is 32.1 Å². The van der Waals surface area contributed by atoms with Crippen molar-refractivity contribution in [2.45, 2.75) is 38.5 Å². The van der Waals surface area contributed by atoms with E-state index in [4.69, 9.17) is 0 Å². The van der Waals surface area contributed by atoms with E-state index in [1.807, 2.05) is 31.0 Å². The van der Waals surface area contributed by atoms with Gasteiger partial charge >= 0.3 is 5.69 Å². The number of carbonyl (C=O) groups is 1. The van der Waals surface area contributed by atoms with Crippen molar-refractivity contribution in [1.82, 2.24) is 14.3 Å². The van der Waals surface area contributed by atoms with Gasteiger partial charge in [-0.25, -0.2) is 13.2 Å². The second kappa shape index (κ2) is 7.96. The summed E-state index contributed by atoms with van der Waals surface area (Å²) in [4.78, 5) is 40.0. The summed E-state index contributed by atoms with van der Waals surface area (Å²) >= 11 is 0. The fraction of sp³-hybridized carbons (Fsp3) is 0.421. The summed E-state index contributed by atoms with van der Waals surface area (Å²) in [6.45, 7) is 5.39. The van der Waals surface area contributed by atoms with Crippen molar-refractivity contribution in [2.24, 2.45) is 5.92 Å². The van der Waals surface area contributed by atoms with Gasteiger partial charge in [0.25, 0.3) is 5.56 Å². The summed E-state index contributed by atoms with van der Waals surface area (Å²) in [5.41, 5.74) is 0.938. The molecule has 3 rings (SSSR count). The summed E-state index contributed by atoms with van der Waals surface area (Å²) in [5.74, 6) is -0.800. The number of nitrogens with one attached hydrogen (secondary N) is 3. The van der Waals surface area contributed by atoms with Crippen LogP contribution in [0.3, 0.4) is 0 Å². The third kappa shape index (κ3) is 4.18. The van der Waals surface area contributed by atoms with Crippen molar-refractivity contribution < 1.29 is 13.2 Å². The molecule has 0 spiro atoms. The minimum atomic E-state index is -4.15. The second-order valence-electron chi connectivity index (χ2n) is 7.30. The number of aryl methyl sites for hydroxylation is 2. The minimum Gasteiger partial charge on any atom is -0.326 e. The van der Waals surface area contributed by atoms with E-state index in [2.05, 4.69) is 10.3 Å². The molecule has 1 saturated heterocycles. The van der Waals surface area contributed by atoms with Crippen LogP contribution in [0.25, 0.3) is 0 Å². The Morgan fingerprint density at radius 3 is 2.59 bits per heavy atom. The lowest BCUT2D eigenvalue weighted by Gasteiger charge is -2.31. The number of hydrogen-bond acceptors (Lipinski definition) is 5. The van der Waals surface area contributed by atoms with Gasteiger partial charge in [-0.1, -0.05) is 12.1 Å². The van der Waals surface area contributed by atoms with Gasteiger partial charge in [-0.3, -0.25) is 14.6 Å².